The zero-order valence-corrected chi connectivity index (χ0v) is 22.2. The third-order valence-corrected chi connectivity index (χ3v) is 5.72. The van der Waals surface area contributed by atoms with Gasteiger partial charge in [0.1, 0.15) is 0 Å². The molecular formula is C26H38N4O9. The molecule has 0 bridgehead atoms. The summed E-state index contributed by atoms with van der Waals surface area (Å²) in [6, 6.07) is 0. The van der Waals surface area contributed by atoms with Crippen LogP contribution in [0.4, 0.5) is 0 Å². The fourth-order valence-corrected chi connectivity index (χ4v) is 3.59. The zero-order valence-electron chi connectivity index (χ0n) is 22.2. The monoisotopic (exact) mass is 550 g/mol. The van der Waals surface area contributed by atoms with Crippen LogP contribution in [0.3, 0.4) is 0 Å². The van der Waals surface area contributed by atoms with E-state index in [-0.39, 0.29) is 36.6 Å². The van der Waals surface area contributed by atoms with Gasteiger partial charge in [0.25, 0.3) is 23.6 Å². The SMILES string of the molecule is O=C(CCCCN1C(=O)C=CC1=O)NCCCOCCOCCOCCCNC(=O)CCN1C(=O)C=CC1=O. The lowest BCUT2D eigenvalue weighted by molar-refractivity contribution is -0.138. The van der Waals surface area contributed by atoms with Gasteiger partial charge >= 0.3 is 0 Å². The van der Waals surface area contributed by atoms with Gasteiger partial charge in [0.05, 0.1) is 26.4 Å². The van der Waals surface area contributed by atoms with Crippen molar-refractivity contribution in [2.24, 2.45) is 0 Å². The quantitative estimate of drug-likeness (QED) is 0.133. The molecule has 2 N–H and O–H groups in total. The smallest absolute Gasteiger partial charge is 0.253 e. The third-order valence-electron chi connectivity index (χ3n) is 5.72. The van der Waals surface area contributed by atoms with Crippen LogP contribution in [0.1, 0.15) is 38.5 Å². The van der Waals surface area contributed by atoms with E-state index in [1.165, 1.54) is 29.2 Å². The largest absolute Gasteiger partial charge is 0.379 e. The Morgan fingerprint density at radius 2 is 0.949 bits per heavy atom. The second kappa shape index (κ2) is 18.8. The number of unbranched alkanes of at least 4 members (excludes halogenated alkanes) is 1. The highest BCUT2D eigenvalue weighted by Crippen LogP contribution is 2.07. The number of nitrogens with zero attached hydrogens (tertiary/aromatic N) is 2. The number of carbonyl (C=O) groups is 6. The minimum Gasteiger partial charge on any atom is -0.379 e. The van der Waals surface area contributed by atoms with Gasteiger partial charge in [-0.15, -0.1) is 0 Å². The normalized spacial score (nSPS) is 14.7. The van der Waals surface area contributed by atoms with Crippen molar-refractivity contribution in [2.75, 3.05) is 65.8 Å². The number of ether oxygens (including phenoxy) is 3. The van der Waals surface area contributed by atoms with Gasteiger partial charge < -0.3 is 24.8 Å². The van der Waals surface area contributed by atoms with E-state index in [1.807, 2.05) is 0 Å². The number of hydrogen-bond acceptors (Lipinski definition) is 9. The summed E-state index contributed by atoms with van der Waals surface area (Å²) in [4.78, 5) is 71.5. The fraction of sp³-hybridized carbons (Fsp3) is 0.615. The molecular weight excluding hydrogens is 512 g/mol. The average Bonchev–Trinajstić information content (AvgIpc) is 3.41. The molecule has 0 aromatic carbocycles. The molecule has 13 heteroatoms. The summed E-state index contributed by atoms with van der Waals surface area (Å²) < 4.78 is 16.3. The third kappa shape index (κ3) is 13.3. The maximum atomic E-state index is 11.8. The van der Waals surface area contributed by atoms with Crippen molar-refractivity contribution in [1.82, 2.24) is 20.4 Å². The van der Waals surface area contributed by atoms with E-state index in [0.717, 1.165) is 4.90 Å². The van der Waals surface area contributed by atoms with E-state index < -0.39 is 11.8 Å². The summed E-state index contributed by atoms with van der Waals surface area (Å²) in [6.45, 7) is 4.03. The number of nitrogens with one attached hydrogen (secondary N) is 2. The summed E-state index contributed by atoms with van der Waals surface area (Å²) >= 11 is 0. The Kier molecular flexibility index (Phi) is 15.3. The van der Waals surface area contributed by atoms with Crippen LogP contribution in [0.5, 0.6) is 0 Å². The molecule has 0 aromatic heterocycles. The van der Waals surface area contributed by atoms with Gasteiger partial charge in [0.2, 0.25) is 11.8 Å². The standard InChI is InChI=1S/C26H38N4O9/c31-21(5-1-2-13-29-23(33)6-7-24(29)34)27-11-3-15-37-17-19-39-20-18-38-16-4-12-28-22(32)10-14-30-25(35)8-9-26(30)36/h6-9H,1-5,10-20H2,(H,27,31)(H,28,32). The molecule has 0 saturated heterocycles. The first-order chi connectivity index (χ1) is 18.9. The molecule has 0 spiro atoms. The fourth-order valence-electron chi connectivity index (χ4n) is 3.59. The minimum absolute atomic E-state index is 0.0661. The second-order valence-electron chi connectivity index (χ2n) is 8.77. The Balaban J connectivity index is 1.26. The first-order valence-corrected chi connectivity index (χ1v) is 13.2. The van der Waals surface area contributed by atoms with Gasteiger partial charge in [-0.3, -0.25) is 38.6 Å². The number of hydrogen-bond donors (Lipinski definition) is 2. The molecule has 0 aromatic rings. The number of rotatable bonds is 22. The van der Waals surface area contributed by atoms with Gasteiger partial charge in [-0.05, 0) is 25.7 Å². The molecule has 2 heterocycles. The first kappa shape index (κ1) is 31.8. The van der Waals surface area contributed by atoms with Gasteiger partial charge in [0.15, 0.2) is 0 Å². The molecule has 0 unspecified atom stereocenters. The van der Waals surface area contributed by atoms with Gasteiger partial charge in [-0.25, -0.2) is 0 Å². The van der Waals surface area contributed by atoms with Crippen LogP contribution >= 0.6 is 0 Å². The van der Waals surface area contributed by atoms with Crippen LogP contribution in [-0.4, -0.2) is 111 Å². The summed E-state index contributed by atoms with van der Waals surface area (Å²) in [5, 5.41) is 5.54. The summed E-state index contributed by atoms with van der Waals surface area (Å²) in [5.41, 5.74) is 0. The van der Waals surface area contributed by atoms with Crippen LogP contribution in [0.25, 0.3) is 0 Å². The maximum Gasteiger partial charge on any atom is 0.253 e. The van der Waals surface area contributed by atoms with E-state index in [1.54, 1.807) is 0 Å². The molecule has 2 aliphatic heterocycles. The van der Waals surface area contributed by atoms with E-state index in [9.17, 15) is 28.8 Å². The summed E-state index contributed by atoms with van der Waals surface area (Å²) in [7, 11) is 0. The number of carbonyl (C=O) groups excluding carboxylic acids is 6. The van der Waals surface area contributed by atoms with Crippen LogP contribution in [-0.2, 0) is 43.0 Å². The highest BCUT2D eigenvalue weighted by atomic mass is 16.5. The highest BCUT2D eigenvalue weighted by Gasteiger charge is 2.23. The Bertz CT molecular complexity index is 883. The number of imide groups is 2. The van der Waals surface area contributed by atoms with Gasteiger partial charge in [0, 0.05) is 76.5 Å². The van der Waals surface area contributed by atoms with Crippen LogP contribution in [0.15, 0.2) is 24.3 Å². The van der Waals surface area contributed by atoms with Crippen molar-refractivity contribution in [3.63, 3.8) is 0 Å². The molecule has 6 amide bonds. The summed E-state index contributed by atoms with van der Waals surface area (Å²) in [6.07, 6.45) is 7.80. The molecule has 13 nitrogen and oxygen atoms in total. The molecule has 0 atom stereocenters. The Hall–Kier alpha value is -3.42. The van der Waals surface area contributed by atoms with Crippen molar-refractivity contribution < 1.29 is 43.0 Å². The first-order valence-electron chi connectivity index (χ1n) is 13.2. The molecule has 0 saturated carbocycles. The van der Waals surface area contributed by atoms with Crippen LogP contribution < -0.4 is 10.6 Å². The Morgan fingerprint density at radius 3 is 1.44 bits per heavy atom. The lowest BCUT2D eigenvalue weighted by Crippen LogP contribution is -2.35. The lowest BCUT2D eigenvalue weighted by Gasteiger charge is -2.13. The zero-order chi connectivity index (χ0) is 28.3. The van der Waals surface area contributed by atoms with Crippen LogP contribution in [0, 0.1) is 0 Å². The Labute approximate surface area is 227 Å². The molecule has 0 radical (unpaired) electrons. The van der Waals surface area contributed by atoms with Gasteiger partial charge in [-0.2, -0.15) is 0 Å². The minimum atomic E-state index is -0.396. The maximum absolute atomic E-state index is 11.8. The molecule has 2 rings (SSSR count). The molecule has 0 aliphatic carbocycles. The molecule has 39 heavy (non-hydrogen) atoms. The Morgan fingerprint density at radius 1 is 0.538 bits per heavy atom. The van der Waals surface area contributed by atoms with Gasteiger partial charge in [-0.1, -0.05) is 0 Å². The van der Waals surface area contributed by atoms with E-state index in [4.69, 9.17) is 14.2 Å². The van der Waals surface area contributed by atoms with E-state index in [0.29, 0.717) is 91.4 Å². The van der Waals surface area contributed by atoms with Crippen molar-refractivity contribution in [1.29, 1.82) is 0 Å². The van der Waals surface area contributed by atoms with E-state index >= 15 is 0 Å². The molecule has 0 fully saturated rings. The second-order valence-corrected chi connectivity index (χ2v) is 8.77. The predicted molar refractivity (Wildman–Crippen MR) is 138 cm³/mol. The lowest BCUT2D eigenvalue weighted by atomic mass is 10.2. The van der Waals surface area contributed by atoms with Crippen molar-refractivity contribution in [3.8, 4) is 0 Å². The van der Waals surface area contributed by atoms with Crippen molar-refractivity contribution in [3.05, 3.63) is 24.3 Å². The highest BCUT2D eigenvalue weighted by molar-refractivity contribution is 6.13. The van der Waals surface area contributed by atoms with Crippen molar-refractivity contribution >= 4 is 35.4 Å². The molecule has 216 valence electrons. The molecule has 2 aliphatic rings. The predicted octanol–water partition coefficient (Wildman–Crippen LogP) is -0.541. The van der Waals surface area contributed by atoms with Crippen LogP contribution in [0.2, 0.25) is 0 Å². The summed E-state index contributed by atoms with van der Waals surface area (Å²) in [5.74, 6) is -1.69. The topological polar surface area (TPSA) is 161 Å². The average molecular weight is 551 g/mol. The van der Waals surface area contributed by atoms with E-state index in [2.05, 4.69) is 10.6 Å². The number of amides is 6. The van der Waals surface area contributed by atoms with Crippen molar-refractivity contribution in [2.45, 2.75) is 38.5 Å².